The Hall–Kier alpha value is -1.15. The predicted octanol–water partition coefficient (Wildman–Crippen LogP) is 1.33. The average molecular weight is 299 g/mol. The van der Waals surface area contributed by atoms with Gasteiger partial charge < -0.3 is 10.4 Å². The minimum atomic E-state index is -0.849. The molecule has 0 bridgehead atoms. The number of tetrazole rings is 1. The van der Waals surface area contributed by atoms with E-state index in [9.17, 15) is 9.90 Å². The number of likely N-dealkylation sites (N-methyl/N-ethyl adjacent to an activating group) is 1. The van der Waals surface area contributed by atoms with Crippen LogP contribution in [0.5, 0.6) is 0 Å². The molecule has 0 aliphatic heterocycles. The number of hydrogen-bond donors (Lipinski definition) is 2. The number of aromatic nitrogens is 4. The lowest BCUT2D eigenvalue weighted by atomic mass is 9.96. The Kier molecular flexibility index (Phi) is 4.98. The van der Waals surface area contributed by atoms with E-state index in [2.05, 4.69) is 20.8 Å². The molecule has 2 N–H and O–H groups in total. The van der Waals surface area contributed by atoms with Gasteiger partial charge in [0.15, 0.2) is 0 Å². The zero-order chi connectivity index (χ0) is 14.6. The molecular formula is C12H21N5O2S. The standard InChI is InChI=1S/C12H21N5O2S/c1-3-13-12(2,10(18)19)7-4-8-20-11-14-15-16-17(11)9-5-6-9/h9,13H,3-8H2,1-2H3,(H,18,19). The number of hydrogen-bond acceptors (Lipinski definition) is 6. The van der Waals surface area contributed by atoms with Gasteiger partial charge in [-0.25, -0.2) is 4.68 Å². The lowest BCUT2D eigenvalue weighted by Crippen LogP contribution is -2.49. The van der Waals surface area contributed by atoms with Gasteiger partial charge >= 0.3 is 5.97 Å². The summed E-state index contributed by atoms with van der Waals surface area (Å²) in [7, 11) is 0. The third-order valence-electron chi connectivity index (χ3n) is 3.45. The van der Waals surface area contributed by atoms with Crippen LogP contribution in [0.15, 0.2) is 5.16 Å². The Morgan fingerprint density at radius 3 is 2.95 bits per heavy atom. The minimum absolute atomic E-state index is 0.471. The van der Waals surface area contributed by atoms with Gasteiger partial charge in [0.25, 0.3) is 0 Å². The molecule has 0 aromatic carbocycles. The molecule has 0 saturated heterocycles. The van der Waals surface area contributed by atoms with Crippen LogP contribution in [-0.2, 0) is 4.79 Å². The van der Waals surface area contributed by atoms with E-state index in [-0.39, 0.29) is 0 Å². The fourth-order valence-electron chi connectivity index (χ4n) is 2.08. The monoisotopic (exact) mass is 299 g/mol. The molecule has 1 aromatic rings. The molecule has 112 valence electrons. The lowest BCUT2D eigenvalue weighted by molar-refractivity contribution is -0.144. The van der Waals surface area contributed by atoms with Crippen LogP contribution in [-0.4, -0.2) is 49.1 Å². The summed E-state index contributed by atoms with van der Waals surface area (Å²) in [6.45, 7) is 4.30. The number of rotatable bonds is 9. The van der Waals surface area contributed by atoms with Crippen molar-refractivity contribution in [3.05, 3.63) is 0 Å². The van der Waals surface area contributed by atoms with Gasteiger partial charge in [-0.3, -0.25) is 4.79 Å². The molecule has 2 rings (SSSR count). The fourth-order valence-corrected chi connectivity index (χ4v) is 2.96. The Labute approximate surface area is 122 Å². The molecule has 1 aliphatic rings. The smallest absolute Gasteiger partial charge is 0.323 e. The van der Waals surface area contributed by atoms with Gasteiger partial charge in [0.1, 0.15) is 5.54 Å². The molecule has 1 saturated carbocycles. The average Bonchev–Trinajstić information content (AvgIpc) is 3.14. The number of thioether (sulfide) groups is 1. The van der Waals surface area contributed by atoms with Crippen molar-refractivity contribution in [2.75, 3.05) is 12.3 Å². The Balaban J connectivity index is 1.77. The number of aliphatic carboxylic acids is 1. The Bertz CT molecular complexity index is 462. The van der Waals surface area contributed by atoms with Gasteiger partial charge in [-0.1, -0.05) is 18.7 Å². The summed E-state index contributed by atoms with van der Waals surface area (Å²) in [5.74, 6) is 0.0219. The normalized spacial score (nSPS) is 17.9. The Morgan fingerprint density at radius 2 is 2.35 bits per heavy atom. The third-order valence-corrected chi connectivity index (χ3v) is 4.47. The molecular weight excluding hydrogens is 278 g/mol. The van der Waals surface area contributed by atoms with E-state index >= 15 is 0 Å². The zero-order valence-electron chi connectivity index (χ0n) is 11.9. The summed E-state index contributed by atoms with van der Waals surface area (Å²) >= 11 is 1.60. The van der Waals surface area contributed by atoms with Crippen molar-refractivity contribution in [1.29, 1.82) is 0 Å². The summed E-state index contributed by atoms with van der Waals surface area (Å²) < 4.78 is 1.88. The first kappa shape index (κ1) is 15.2. The number of nitrogens with zero attached hydrogens (tertiary/aromatic N) is 4. The molecule has 0 spiro atoms. The van der Waals surface area contributed by atoms with E-state index in [1.54, 1.807) is 18.7 Å². The van der Waals surface area contributed by atoms with Crippen LogP contribution in [0, 0.1) is 0 Å². The van der Waals surface area contributed by atoms with Crippen LogP contribution in [0.3, 0.4) is 0 Å². The number of carboxylic acid groups (broad SMARTS) is 1. The fraction of sp³-hybridized carbons (Fsp3) is 0.833. The first-order valence-electron chi connectivity index (χ1n) is 6.96. The largest absolute Gasteiger partial charge is 0.480 e. The number of carboxylic acids is 1. The molecule has 1 unspecified atom stereocenters. The minimum Gasteiger partial charge on any atom is -0.480 e. The van der Waals surface area contributed by atoms with E-state index in [4.69, 9.17) is 0 Å². The molecule has 1 aromatic heterocycles. The molecule has 0 amide bonds. The molecule has 0 radical (unpaired) electrons. The molecule has 8 heteroatoms. The molecule has 1 aliphatic carbocycles. The molecule has 20 heavy (non-hydrogen) atoms. The lowest BCUT2D eigenvalue weighted by Gasteiger charge is -2.25. The van der Waals surface area contributed by atoms with Crippen LogP contribution in [0.4, 0.5) is 0 Å². The van der Waals surface area contributed by atoms with Crippen molar-refractivity contribution in [1.82, 2.24) is 25.5 Å². The molecule has 1 fully saturated rings. The van der Waals surface area contributed by atoms with Crippen LogP contribution in [0.25, 0.3) is 0 Å². The zero-order valence-corrected chi connectivity index (χ0v) is 12.7. The van der Waals surface area contributed by atoms with Crippen molar-refractivity contribution < 1.29 is 9.90 Å². The predicted molar refractivity (Wildman–Crippen MR) is 75.8 cm³/mol. The highest BCUT2D eigenvalue weighted by Crippen LogP contribution is 2.36. The highest BCUT2D eigenvalue weighted by Gasteiger charge is 2.31. The number of nitrogens with one attached hydrogen (secondary N) is 1. The van der Waals surface area contributed by atoms with Crippen LogP contribution in [0.1, 0.15) is 45.6 Å². The van der Waals surface area contributed by atoms with E-state index in [1.807, 2.05) is 11.6 Å². The summed E-state index contributed by atoms with van der Waals surface area (Å²) in [5.41, 5.74) is -0.849. The van der Waals surface area contributed by atoms with Crippen molar-refractivity contribution >= 4 is 17.7 Å². The maximum absolute atomic E-state index is 11.3. The maximum Gasteiger partial charge on any atom is 0.323 e. The Morgan fingerprint density at radius 1 is 1.60 bits per heavy atom. The molecule has 1 atom stereocenters. The van der Waals surface area contributed by atoms with E-state index in [0.717, 1.165) is 30.2 Å². The molecule has 7 nitrogen and oxygen atoms in total. The highest BCUT2D eigenvalue weighted by atomic mass is 32.2. The van der Waals surface area contributed by atoms with Crippen LogP contribution >= 0.6 is 11.8 Å². The highest BCUT2D eigenvalue weighted by molar-refractivity contribution is 7.99. The van der Waals surface area contributed by atoms with Crippen molar-refractivity contribution in [2.45, 2.75) is 56.3 Å². The van der Waals surface area contributed by atoms with E-state index in [1.165, 1.54) is 0 Å². The van der Waals surface area contributed by atoms with Gasteiger partial charge in [-0.2, -0.15) is 0 Å². The van der Waals surface area contributed by atoms with Crippen LogP contribution in [0.2, 0.25) is 0 Å². The van der Waals surface area contributed by atoms with Crippen LogP contribution < -0.4 is 5.32 Å². The van der Waals surface area contributed by atoms with Crippen molar-refractivity contribution in [3.63, 3.8) is 0 Å². The van der Waals surface area contributed by atoms with E-state index in [0.29, 0.717) is 19.0 Å². The maximum atomic E-state index is 11.3. The van der Waals surface area contributed by atoms with Gasteiger partial charge in [0.2, 0.25) is 5.16 Å². The quantitative estimate of drug-likeness (QED) is 0.525. The SMILES string of the molecule is CCNC(C)(CCCSc1nnnn1C1CC1)C(=O)O. The van der Waals surface area contributed by atoms with Crippen molar-refractivity contribution in [3.8, 4) is 0 Å². The summed E-state index contributed by atoms with van der Waals surface area (Å²) in [5, 5.41) is 24.9. The first-order valence-corrected chi connectivity index (χ1v) is 7.94. The summed E-state index contributed by atoms with van der Waals surface area (Å²) in [6, 6.07) is 0.471. The van der Waals surface area contributed by atoms with Crippen molar-refractivity contribution in [2.24, 2.45) is 0 Å². The van der Waals surface area contributed by atoms with Gasteiger partial charge in [-0.05, 0) is 49.6 Å². The second-order valence-corrected chi connectivity index (χ2v) is 6.32. The summed E-state index contributed by atoms with van der Waals surface area (Å²) in [6.07, 6.45) is 3.69. The van der Waals surface area contributed by atoms with E-state index < -0.39 is 11.5 Å². The third kappa shape index (κ3) is 3.69. The van der Waals surface area contributed by atoms with Gasteiger partial charge in [-0.15, -0.1) is 5.10 Å². The van der Waals surface area contributed by atoms with Gasteiger partial charge in [0, 0.05) is 5.75 Å². The first-order chi connectivity index (χ1) is 9.57. The summed E-state index contributed by atoms with van der Waals surface area (Å²) in [4.78, 5) is 11.3. The second kappa shape index (κ2) is 6.53. The number of carbonyl (C=O) groups is 1. The molecule has 1 heterocycles. The second-order valence-electron chi connectivity index (χ2n) is 5.26. The topological polar surface area (TPSA) is 92.9 Å². The van der Waals surface area contributed by atoms with Gasteiger partial charge in [0.05, 0.1) is 6.04 Å².